The van der Waals surface area contributed by atoms with Crippen LogP contribution in [-0.2, 0) is 4.79 Å². The van der Waals surface area contributed by atoms with Crippen LogP contribution in [0.1, 0.15) is 0 Å². The fraction of sp³-hybridized carbons (Fsp3) is 0.0714. The Morgan fingerprint density at radius 3 is 2.70 bits per heavy atom. The standard InChI is InChI=1S/C14H11BrClFN2O/c15-9-5-6-11(17)13(7-9)18-8-14(20)19-12-4-2-1-3-10(12)16/h1-7,18H,8H2,(H,19,20). The third-order valence-electron chi connectivity index (χ3n) is 2.52. The predicted molar refractivity (Wildman–Crippen MR) is 82.7 cm³/mol. The molecule has 1 amide bonds. The molecule has 2 rings (SSSR count). The SMILES string of the molecule is O=C(CNc1cc(Br)ccc1F)Nc1ccccc1Cl. The maximum Gasteiger partial charge on any atom is 0.243 e. The number of nitrogens with one attached hydrogen (secondary N) is 2. The molecule has 0 heterocycles. The Labute approximate surface area is 129 Å². The molecule has 0 aliphatic rings. The van der Waals surface area contributed by atoms with E-state index in [2.05, 4.69) is 26.6 Å². The molecular formula is C14H11BrClFN2O. The van der Waals surface area contributed by atoms with Crippen molar-refractivity contribution in [2.45, 2.75) is 0 Å². The average molecular weight is 358 g/mol. The minimum absolute atomic E-state index is 0.0569. The Hall–Kier alpha value is -1.59. The molecule has 0 aromatic heterocycles. The van der Waals surface area contributed by atoms with Crippen molar-refractivity contribution in [2.24, 2.45) is 0 Å². The molecule has 0 radical (unpaired) electrons. The van der Waals surface area contributed by atoms with Gasteiger partial charge in [-0.05, 0) is 30.3 Å². The van der Waals surface area contributed by atoms with E-state index in [-0.39, 0.29) is 18.1 Å². The zero-order valence-electron chi connectivity index (χ0n) is 10.3. The van der Waals surface area contributed by atoms with Crippen LogP contribution < -0.4 is 10.6 Å². The van der Waals surface area contributed by atoms with Gasteiger partial charge in [0.25, 0.3) is 0 Å². The molecule has 0 fully saturated rings. The second kappa shape index (κ2) is 6.72. The summed E-state index contributed by atoms with van der Waals surface area (Å²) < 4.78 is 14.2. The molecule has 0 unspecified atom stereocenters. The van der Waals surface area contributed by atoms with Crippen LogP contribution in [0.4, 0.5) is 15.8 Å². The molecule has 2 N–H and O–H groups in total. The number of carbonyl (C=O) groups is 1. The molecule has 6 heteroatoms. The lowest BCUT2D eigenvalue weighted by Gasteiger charge is -2.09. The molecule has 0 saturated heterocycles. The van der Waals surface area contributed by atoms with Crippen molar-refractivity contribution in [1.29, 1.82) is 0 Å². The van der Waals surface area contributed by atoms with Gasteiger partial charge in [0.1, 0.15) is 5.82 Å². The number of carbonyl (C=O) groups excluding carboxylic acids is 1. The first-order valence-electron chi connectivity index (χ1n) is 5.79. The average Bonchev–Trinajstić information content (AvgIpc) is 2.42. The second-order valence-corrected chi connectivity index (χ2v) is 5.33. The van der Waals surface area contributed by atoms with Crippen molar-refractivity contribution in [2.75, 3.05) is 17.2 Å². The van der Waals surface area contributed by atoms with Gasteiger partial charge < -0.3 is 10.6 Å². The van der Waals surface area contributed by atoms with E-state index in [1.165, 1.54) is 6.07 Å². The van der Waals surface area contributed by atoms with Crippen molar-refractivity contribution >= 4 is 44.8 Å². The lowest BCUT2D eigenvalue weighted by molar-refractivity contribution is -0.114. The summed E-state index contributed by atoms with van der Waals surface area (Å²) in [5.74, 6) is -0.726. The normalized spacial score (nSPS) is 10.2. The number of halogens is 3. The summed E-state index contributed by atoms with van der Waals surface area (Å²) in [6.07, 6.45) is 0. The minimum atomic E-state index is -0.418. The fourth-order valence-electron chi connectivity index (χ4n) is 1.57. The summed E-state index contributed by atoms with van der Waals surface area (Å²) in [6, 6.07) is 11.4. The van der Waals surface area contributed by atoms with E-state index < -0.39 is 5.82 Å². The van der Waals surface area contributed by atoms with Crippen molar-refractivity contribution in [3.63, 3.8) is 0 Å². The fourth-order valence-corrected chi connectivity index (χ4v) is 2.11. The molecule has 0 bridgehead atoms. The van der Waals surface area contributed by atoms with Crippen molar-refractivity contribution in [3.05, 3.63) is 57.8 Å². The van der Waals surface area contributed by atoms with Gasteiger partial charge in [-0.3, -0.25) is 4.79 Å². The van der Waals surface area contributed by atoms with E-state index in [1.54, 1.807) is 36.4 Å². The molecule has 2 aromatic carbocycles. The lowest BCUT2D eigenvalue weighted by Crippen LogP contribution is -2.22. The number of benzene rings is 2. The van der Waals surface area contributed by atoms with Crippen LogP contribution in [-0.4, -0.2) is 12.5 Å². The van der Waals surface area contributed by atoms with Crippen LogP contribution in [0.15, 0.2) is 46.9 Å². The number of para-hydroxylation sites is 1. The molecule has 0 spiro atoms. The van der Waals surface area contributed by atoms with Gasteiger partial charge in [0.15, 0.2) is 0 Å². The number of anilines is 2. The van der Waals surface area contributed by atoms with Gasteiger partial charge in [-0.15, -0.1) is 0 Å². The Morgan fingerprint density at radius 2 is 1.95 bits per heavy atom. The summed E-state index contributed by atoms with van der Waals surface area (Å²) in [6.45, 7) is -0.0569. The lowest BCUT2D eigenvalue weighted by atomic mass is 10.3. The van der Waals surface area contributed by atoms with E-state index in [0.717, 1.165) is 4.47 Å². The van der Waals surface area contributed by atoms with Crippen molar-refractivity contribution in [3.8, 4) is 0 Å². The zero-order chi connectivity index (χ0) is 14.5. The molecule has 3 nitrogen and oxygen atoms in total. The Kier molecular flexibility index (Phi) is 4.98. The van der Waals surface area contributed by atoms with Gasteiger partial charge in [0.2, 0.25) is 5.91 Å². The van der Waals surface area contributed by atoms with Crippen molar-refractivity contribution in [1.82, 2.24) is 0 Å². The minimum Gasteiger partial charge on any atom is -0.374 e. The number of hydrogen-bond acceptors (Lipinski definition) is 2. The van der Waals surface area contributed by atoms with Crippen LogP contribution in [0.5, 0.6) is 0 Å². The van der Waals surface area contributed by atoms with E-state index in [9.17, 15) is 9.18 Å². The number of hydrogen-bond donors (Lipinski definition) is 2. The highest BCUT2D eigenvalue weighted by Crippen LogP contribution is 2.21. The maximum atomic E-state index is 13.5. The monoisotopic (exact) mass is 356 g/mol. The Morgan fingerprint density at radius 1 is 1.20 bits per heavy atom. The van der Waals surface area contributed by atoms with Gasteiger partial charge in [-0.25, -0.2) is 4.39 Å². The van der Waals surface area contributed by atoms with Crippen LogP contribution >= 0.6 is 27.5 Å². The van der Waals surface area contributed by atoms with Gasteiger partial charge in [-0.2, -0.15) is 0 Å². The van der Waals surface area contributed by atoms with Crippen molar-refractivity contribution < 1.29 is 9.18 Å². The number of amides is 1. The molecule has 0 saturated carbocycles. The van der Waals surface area contributed by atoms with Gasteiger partial charge in [0, 0.05) is 4.47 Å². The molecule has 20 heavy (non-hydrogen) atoms. The highest BCUT2D eigenvalue weighted by Gasteiger charge is 2.07. The topological polar surface area (TPSA) is 41.1 Å². The molecule has 104 valence electrons. The van der Waals surface area contributed by atoms with Crippen LogP contribution in [0.2, 0.25) is 5.02 Å². The van der Waals surface area contributed by atoms with E-state index in [0.29, 0.717) is 10.7 Å². The zero-order valence-corrected chi connectivity index (χ0v) is 12.6. The third kappa shape index (κ3) is 3.95. The summed E-state index contributed by atoms with van der Waals surface area (Å²) in [5, 5.41) is 5.83. The van der Waals surface area contributed by atoms with Gasteiger partial charge >= 0.3 is 0 Å². The summed E-state index contributed by atoms with van der Waals surface area (Å²) >= 11 is 9.17. The van der Waals surface area contributed by atoms with E-state index >= 15 is 0 Å². The molecule has 0 aliphatic heterocycles. The van der Waals surface area contributed by atoms with Crippen LogP contribution in [0.3, 0.4) is 0 Å². The maximum absolute atomic E-state index is 13.5. The largest absolute Gasteiger partial charge is 0.374 e. The summed E-state index contributed by atoms with van der Waals surface area (Å²) in [7, 11) is 0. The van der Waals surface area contributed by atoms with Crippen LogP contribution in [0.25, 0.3) is 0 Å². The summed E-state index contributed by atoms with van der Waals surface area (Å²) in [4.78, 5) is 11.8. The van der Waals surface area contributed by atoms with Gasteiger partial charge in [-0.1, -0.05) is 39.7 Å². The Balaban J connectivity index is 1.96. The third-order valence-corrected chi connectivity index (χ3v) is 3.34. The molecule has 2 aromatic rings. The second-order valence-electron chi connectivity index (χ2n) is 4.01. The number of rotatable bonds is 4. The molecule has 0 aliphatic carbocycles. The molecule has 0 atom stereocenters. The first kappa shape index (κ1) is 14.8. The molecular weight excluding hydrogens is 347 g/mol. The highest BCUT2D eigenvalue weighted by molar-refractivity contribution is 9.10. The first-order valence-corrected chi connectivity index (χ1v) is 6.96. The van der Waals surface area contributed by atoms with Crippen LogP contribution in [0, 0.1) is 5.82 Å². The van der Waals surface area contributed by atoms with E-state index in [1.807, 2.05) is 0 Å². The Bertz CT molecular complexity index is 636. The smallest absolute Gasteiger partial charge is 0.243 e. The summed E-state index contributed by atoms with van der Waals surface area (Å²) in [5.41, 5.74) is 0.782. The predicted octanol–water partition coefficient (Wildman–Crippen LogP) is 4.29. The first-order chi connectivity index (χ1) is 9.56. The highest BCUT2D eigenvalue weighted by atomic mass is 79.9. The van der Waals surface area contributed by atoms with Gasteiger partial charge in [0.05, 0.1) is 22.9 Å². The van der Waals surface area contributed by atoms with E-state index in [4.69, 9.17) is 11.6 Å². The quantitative estimate of drug-likeness (QED) is 0.857.